The Kier molecular flexibility index (Phi) is 5.10. The van der Waals surface area contributed by atoms with Crippen LogP contribution in [0.2, 0.25) is 0 Å². The molecule has 1 aliphatic rings. The van der Waals surface area contributed by atoms with Crippen molar-refractivity contribution < 1.29 is 0 Å². The molecule has 0 aliphatic heterocycles. The normalized spacial score (nSPS) is 24.7. The second kappa shape index (κ2) is 6.40. The first kappa shape index (κ1) is 14.4. The largest absolute Gasteiger partial charge is 0.308 e. The van der Waals surface area contributed by atoms with Gasteiger partial charge >= 0.3 is 0 Å². The van der Waals surface area contributed by atoms with Gasteiger partial charge in [0, 0.05) is 17.8 Å². The molecule has 2 unspecified atom stereocenters. The topological polar surface area (TPSA) is 21.1 Å². The van der Waals surface area contributed by atoms with Crippen LogP contribution in [-0.4, -0.2) is 40.7 Å². The van der Waals surface area contributed by atoms with Gasteiger partial charge in [-0.15, -0.1) is 11.6 Å². The van der Waals surface area contributed by atoms with Gasteiger partial charge in [-0.25, -0.2) is 0 Å². The molecule has 0 bridgehead atoms. The maximum Gasteiger partial charge on any atom is 0.0635 e. The molecule has 0 saturated heterocycles. The summed E-state index contributed by atoms with van der Waals surface area (Å²) in [5.41, 5.74) is 1.34. The lowest BCUT2D eigenvalue weighted by Gasteiger charge is -2.26. The molecule has 1 saturated carbocycles. The molecular weight excluding hydrogens is 314 g/mol. The SMILES string of the molecule is CN(C)CCn1ncc(Br)c1C1CCCC(Cl)C1. The van der Waals surface area contributed by atoms with Crippen LogP contribution < -0.4 is 0 Å². The van der Waals surface area contributed by atoms with E-state index in [2.05, 4.69) is 44.7 Å². The molecule has 1 aromatic rings. The average molecular weight is 335 g/mol. The van der Waals surface area contributed by atoms with Crippen LogP contribution in [0.4, 0.5) is 0 Å². The zero-order chi connectivity index (χ0) is 13.1. The Balaban J connectivity index is 2.12. The van der Waals surface area contributed by atoms with Crippen LogP contribution in [0.15, 0.2) is 10.7 Å². The van der Waals surface area contributed by atoms with Gasteiger partial charge in [-0.2, -0.15) is 5.10 Å². The molecule has 102 valence electrons. The standard InChI is InChI=1S/C13H21BrClN3/c1-17(2)6-7-18-13(12(14)9-16-18)10-4-3-5-11(15)8-10/h9-11H,3-8H2,1-2H3. The van der Waals surface area contributed by atoms with E-state index in [9.17, 15) is 0 Å². The fraction of sp³-hybridized carbons (Fsp3) is 0.769. The summed E-state index contributed by atoms with van der Waals surface area (Å²) < 4.78 is 3.28. The zero-order valence-corrected chi connectivity index (χ0v) is 13.4. The molecule has 0 N–H and O–H groups in total. The molecule has 1 heterocycles. The number of likely N-dealkylation sites (N-methyl/N-ethyl adjacent to an activating group) is 1. The first-order chi connectivity index (χ1) is 8.58. The van der Waals surface area contributed by atoms with Crippen LogP contribution >= 0.6 is 27.5 Å². The summed E-state index contributed by atoms with van der Waals surface area (Å²) in [6, 6.07) is 0. The Morgan fingerprint density at radius 2 is 2.28 bits per heavy atom. The summed E-state index contributed by atoms with van der Waals surface area (Å²) in [5.74, 6) is 0.556. The summed E-state index contributed by atoms with van der Waals surface area (Å²) in [5, 5.41) is 4.81. The zero-order valence-electron chi connectivity index (χ0n) is 11.1. The summed E-state index contributed by atoms with van der Waals surface area (Å²) in [6.07, 6.45) is 6.61. The highest BCUT2D eigenvalue weighted by atomic mass is 79.9. The molecular formula is C13H21BrClN3. The van der Waals surface area contributed by atoms with E-state index < -0.39 is 0 Å². The molecule has 2 rings (SSSR count). The highest BCUT2D eigenvalue weighted by molar-refractivity contribution is 9.10. The molecule has 1 aromatic heterocycles. The van der Waals surface area contributed by atoms with Crippen molar-refractivity contribution in [2.45, 2.75) is 43.5 Å². The van der Waals surface area contributed by atoms with E-state index in [1.54, 1.807) is 0 Å². The molecule has 0 radical (unpaired) electrons. The van der Waals surface area contributed by atoms with Gasteiger partial charge < -0.3 is 4.90 Å². The van der Waals surface area contributed by atoms with E-state index in [-0.39, 0.29) is 0 Å². The number of aromatic nitrogens is 2. The minimum absolute atomic E-state index is 0.327. The second-order valence-electron chi connectivity index (χ2n) is 5.36. The van der Waals surface area contributed by atoms with E-state index in [0.29, 0.717) is 11.3 Å². The van der Waals surface area contributed by atoms with Crippen LogP contribution in [0.3, 0.4) is 0 Å². The fourth-order valence-corrected chi connectivity index (χ4v) is 3.62. The molecule has 1 fully saturated rings. The lowest BCUT2D eigenvalue weighted by atomic mass is 9.86. The lowest BCUT2D eigenvalue weighted by Crippen LogP contribution is -2.23. The van der Waals surface area contributed by atoms with Crippen molar-refractivity contribution in [2.75, 3.05) is 20.6 Å². The molecule has 0 aromatic carbocycles. The minimum atomic E-state index is 0.327. The van der Waals surface area contributed by atoms with E-state index in [1.807, 2.05) is 6.20 Å². The van der Waals surface area contributed by atoms with Gasteiger partial charge in [0.2, 0.25) is 0 Å². The van der Waals surface area contributed by atoms with Crippen molar-refractivity contribution in [1.29, 1.82) is 0 Å². The summed E-state index contributed by atoms with van der Waals surface area (Å²) in [6.45, 7) is 1.95. The number of rotatable bonds is 4. The monoisotopic (exact) mass is 333 g/mol. The van der Waals surface area contributed by atoms with Crippen molar-refractivity contribution in [1.82, 2.24) is 14.7 Å². The first-order valence-electron chi connectivity index (χ1n) is 6.58. The van der Waals surface area contributed by atoms with Crippen LogP contribution in [0.5, 0.6) is 0 Å². The van der Waals surface area contributed by atoms with Gasteiger partial charge in [0.15, 0.2) is 0 Å². The number of hydrogen-bond donors (Lipinski definition) is 0. The quantitative estimate of drug-likeness (QED) is 0.786. The third-order valence-electron chi connectivity index (χ3n) is 3.59. The second-order valence-corrected chi connectivity index (χ2v) is 6.84. The average Bonchev–Trinajstić information content (AvgIpc) is 2.68. The molecule has 18 heavy (non-hydrogen) atoms. The highest BCUT2D eigenvalue weighted by Gasteiger charge is 2.26. The van der Waals surface area contributed by atoms with Crippen molar-refractivity contribution in [3.63, 3.8) is 0 Å². The van der Waals surface area contributed by atoms with Gasteiger partial charge in [0.05, 0.1) is 22.9 Å². The van der Waals surface area contributed by atoms with Crippen LogP contribution in [-0.2, 0) is 6.54 Å². The van der Waals surface area contributed by atoms with Crippen LogP contribution in [0, 0.1) is 0 Å². The van der Waals surface area contributed by atoms with E-state index in [1.165, 1.54) is 18.5 Å². The molecule has 2 atom stereocenters. The number of alkyl halides is 1. The summed E-state index contributed by atoms with van der Waals surface area (Å²) in [4.78, 5) is 2.19. The Bertz CT molecular complexity index is 392. The van der Waals surface area contributed by atoms with Crippen molar-refractivity contribution in [2.24, 2.45) is 0 Å². The fourth-order valence-electron chi connectivity index (χ4n) is 2.63. The van der Waals surface area contributed by atoms with E-state index >= 15 is 0 Å². The van der Waals surface area contributed by atoms with Crippen molar-refractivity contribution >= 4 is 27.5 Å². The van der Waals surface area contributed by atoms with Gasteiger partial charge in [0.25, 0.3) is 0 Å². The molecule has 1 aliphatic carbocycles. The maximum absolute atomic E-state index is 6.31. The third-order valence-corrected chi connectivity index (χ3v) is 4.60. The molecule has 0 amide bonds. The van der Waals surface area contributed by atoms with Gasteiger partial charge in [-0.3, -0.25) is 4.68 Å². The van der Waals surface area contributed by atoms with E-state index in [4.69, 9.17) is 11.6 Å². The number of halogens is 2. The minimum Gasteiger partial charge on any atom is -0.308 e. The Morgan fingerprint density at radius 1 is 1.50 bits per heavy atom. The molecule has 5 heteroatoms. The molecule has 0 spiro atoms. The number of hydrogen-bond acceptors (Lipinski definition) is 2. The Hall–Kier alpha value is -0.0600. The predicted molar refractivity (Wildman–Crippen MR) is 79.3 cm³/mol. The Morgan fingerprint density at radius 3 is 2.94 bits per heavy atom. The van der Waals surface area contributed by atoms with Crippen LogP contribution in [0.1, 0.15) is 37.3 Å². The summed E-state index contributed by atoms with van der Waals surface area (Å²) in [7, 11) is 4.18. The number of nitrogens with zero attached hydrogens (tertiary/aromatic N) is 3. The van der Waals surface area contributed by atoms with E-state index in [0.717, 1.165) is 30.4 Å². The lowest BCUT2D eigenvalue weighted by molar-refractivity contribution is 0.356. The van der Waals surface area contributed by atoms with Gasteiger partial charge in [0.1, 0.15) is 0 Å². The summed E-state index contributed by atoms with van der Waals surface area (Å²) >= 11 is 9.95. The highest BCUT2D eigenvalue weighted by Crippen LogP contribution is 2.38. The smallest absolute Gasteiger partial charge is 0.0635 e. The van der Waals surface area contributed by atoms with Crippen LogP contribution in [0.25, 0.3) is 0 Å². The maximum atomic E-state index is 6.31. The van der Waals surface area contributed by atoms with Crippen molar-refractivity contribution in [3.05, 3.63) is 16.4 Å². The first-order valence-corrected chi connectivity index (χ1v) is 7.81. The predicted octanol–water partition coefficient (Wildman–Crippen LogP) is 3.47. The Labute approximate surface area is 123 Å². The molecule has 3 nitrogen and oxygen atoms in total. The van der Waals surface area contributed by atoms with Gasteiger partial charge in [-0.05, 0) is 49.3 Å². The third kappa shape index (κ3) is 3.49. The van der Waals surface area contributed by atoms with Crippen molar-refractivity contribution in [3.8, 4) is 0 Å². The van der Waals surface area contributed by atoms with Gasteiger partial charge in [-0.1, -0.05) is 6.42 Å².